The number of nitrogens with zero attached hydrogens (tertiary/aromatic N) is 1. The minimum absolute atomic E-state index is 0.0311. The average molecular weight is 822 g/mol. The minimum atomic E-state index is -4.62. The van der Waals surface area contributed by atoms with Gasteiger partial charge in [-0.15, -0.1) is 0 Å². The van der Waals surface area contributed by atoms with Crippen molar-refractivity contribution in [2.75, 3.05) is 13.1 Å². The van der Waals surface area contributed by atoms with Crippen molar-refractivity contribution in [2.24, 2.45) is 28.6 Å². The maximum atomic E-state index is 14.6. The van der Waals surface area contributed by atoms with E-state index in [0.29, 0.717) is 73.8 Å². The van der Waals surface area contributed by atoms with Gasteiger partial charge in [0.15, 0.2) is 5.78 Å². The Hall–Kier alpha value is -4.47. The summed E-state index contributed by atoms with van der Waals surface area (Å²) in [5.41, 5.74) is -0.282. The molecule has 6 aliphatic carbocycles. The fourth-order valence-electron chi connectivity index (χ4n) is 11.6. The van der Waals surface area contributed by atoms with Gasteiger partial charge < -0.3 is 19.8 Å². The zero-order chi connectivity index (χ0) is 42.6. The molecule has 1 amide bonds. The molecule has 6 nitrogen and oxygen atoms in total. The van der Waals surface area contributed by atoms with Crippen LogP contribution in [0.3, 0.4) is 0 Å². The summed E-state index contributed by atoms with van der Waals surface area (Å²) in [4.78, 5) is 30.8. The molecule has 2 N–H and O–H groups in total. The second-order valence-corrected chi connectivity index (χ2v) is 19.3. The second kappa shape index (κ2) is 16.1. The molecule has 0 aromatic heterocycles. The number of alkyl halides is 3. The predicted molar refractivity (Wildman–Crippen MR) is 228 cm³/mol. The van der Waals surface area contributed by atoms with Crippen LogP contribution in [0.2, 0.25) is 0 Å². The molecule has 0 saturated heterocycles. The maximum Gasteiger partial charge on any atom is 0.416 e. The molecule has 7 atom stereocenters. The van der Waals surface area contributed by atoms with Crippen LogP contribution in [-0.4, -0.2) is 51.8 Å². The summed E-state index contributed by atoms with van der Waals surface area (Å²) >= 11 is 0. The molecular formula is C51H58F3NO5. The number of fused-ring (bicyclic) bond motifs is 11. The molecule has 10 rings (SSSR count). The third-order valence-electron chi connectivity index (χ3n) is 15.5. The van der Waals surface area contributed by atoms with Crippen LogP contribution in [0.4, 0.5) is 18.0 Å². The summed E-state index contributed by atoms with van der Waals surface area (Å²) in [5, 5.41) is 26.3. The number of ketones is 1. The zero-order valence-corrected chi connectivity index (χ0v) is 35.2. The molecule has 318 valence electrons. The van der Waals surface area contributed by atoms with Crippen molar-refractivity contribution in [1.29, 1.82) is 0 Å². The number of carbonyl (C=O) groups is 2. The first kappa shape index (κ1) is 42.2. The molecule has 0 heterocycles. The van der Waals surface area contributed by atoms with E-state index in [-0.39, 0.29) is 41.3 Å². The van der Waals surface area contributed by atoms with Crippen molar-refractivity contribution in [3.8, 4) is 5.75 Å². The van der Waals surface area contributed by atoms with E-state index in [1.54, 1.807) is 17.0 Å². The molecule has 0 spiro atoms. The lowest BCUT2D eigenvalue weighted by Gasteiger charge is -2.60. The van der Waals surface area contributed by atoms with Crippen LogP contribution < -0.4 is 4.74 Å². The van der Waals surface area contributed by atoms with Gasteiger partial charge >= 0.3 is 12.3 Å². The van der Waals surface area contributed by atoms with Crippen molar-refractivity contribution < 1.29 is 37.7 Å². The molecule has 6 aliphatic rings. The fraction of sp³-hybridized carbons (Fsp3) is 0.490. The summed E-state index contributed by atoms with van der Waals surface area (Å²) in [6.07, 6.45) is 3.07. The van der Waals surface area contributed by atoms with E-state index in [4.69, 9.17) is 4.74 Å². The number of aliphatic hydroxyl groups is 2. The standard InChI is InChI=1S/C51H58F3NO5/c1-32-9-8-23-49(4)44(42-21-15-33(25-40(56)19-14-32)26-43(42)46(57)36-12-7-13-39(27-36)51(52,53)54)22-24-50(49,59)31-55(30-37-16-18-38-29-45(37)48(38,2)3)47(58)60-41-20-17-34-10-5-6-11-35(34)28-41/h5-7,9-13,15,17,20-21,26-28,37-38,40,44-45,56,59H,8,14,16,18-19,22-25,29-31H2,1-4H3/t37-,38-,40-,44-,45-,49-,50+/m0/s1. The third kappa shape index (κ3) is 8.04. The Bertz CT molecular complexity index is 2300. The Morgan fingerprint density at radius 1 is 0.883 bits per heavy atom. The summed E-state index contributed by atoms with van der Waals surface area (Å²) in [6.45, 7) is 9.26. The van der Waals surface area contributed by atoms with Gasteiger partial charge in [0.2, 0.25) is 0 Å². The van der Waals surface area contributed by atoms with E-state index in [0.717, 1.165) is 47.7 Å². The molecule has 4 saturated carbocycles. The lowest BCUT2D eigenvalue weighted by molar-refractivity contribution is -0.137. The largest absolute Gasteiger partial charge is 0.416 e. The van der Waals surface area contributed by atoms with E-state index in [9.17, 15) is 33.0 Å². The van der Waals surface area contributed by atoms with Gasteiger partial charge in [0.05, 0.1) is 23.8 Å². The van der Waals surface area contributed by atoms with Crippen molar-refractivity contribution in [3.63, 3.8) is 0 Å². The Morgan fingerprint density at radius 2 is 1.67 bits per heavy atom. The zero-order valence-electron chi connectivity index (χ0n) is 35.2. The molecule has 4 aromatic rings. The van der Waals surface area contributed by atoms with Gasteiger partial charge in [0.1, 0.15) is 5.75 Å². The van der Waals surface area contributed by atoms with Crippen LogP contribution in [0, 0.1) is 28.6 Å². The number of carbonyl (C=O) groups excluding carboxylic acids is 2. The lowest BCUT2D eigenvalue weighted by Crippen LogP contribution is -2.58. The Kier molecular flexibility index (Phi) is 11.3. The summed E-state index contributed by atoms with van der Waals surface area (Å²) in [6, 6.07) is 23.6. The number of benzene rings is 4. The minimum Gasteiger partial charge on any atom is -0.410 e. The van der Waals surface area contributed by atoms with E-state index >= 15 is 0 Å². The fourth-order valence-corrected chi connectivity index (χ4v) is 11.6. The summed E-state index contributed by atoms with van der Waals surface area (Å²) in [7, 11) is 0. The molecular weight excluding hydrogens is 764 g/mol. The van der Waals surface area contributed by atoms with E-state index < -0.39 is 40.7 Å². The number of rotatable bonds is 7. The topological polar surface area (TPSA) is 87.1 Å². The number of ether oxygens (including phenoxy) is 1. The van der Waals surface area contributed by atoms with E-state index in [1.807, 2.05) is 48.5 Å². The molecule has 0 aliphatic heterocycles. The van der Waals surface area contributed by atoms with Crippen molar-refractivity contribution in [2.45, 2.75) is 116 Å². The molecule has 4 bridgehead atoms. The van der Waals surface area contributed by atoms with Gasteiger partial charge in [-0.1, -0.05) is 87.0 Å². The smallest absolute Gasteiger partial charge is 0.410 e. The van der Waals surface area contributed by atoms with Crippen LogP contribution in [0.15, 0.2) is 96.6 Å². The van der Waals surface area contributed by atoms with Gasteiger partial charge in [-0.2, -0.15) is 13.2 Å². The summed E-state index contributed by atoms with van der Waals surface area (Å²) in [5.74, 6) is 0.906. The quantitative estimate of drug-likeness (QED) is 0.143. The van der Waals surface area contributed by atoms with Crippen LogP contribution in [-0.2, 0) is 12.6 Å². The van der Waals surface area contributed by atoms with Gasteiger partial charge in [-0.05, 0) is 152 Å². The SMILES string of the molecule is CC1=CCC[C@@]2(C)[C@@H](CC[C@@]2(O)CN(C[C@@H]2CC[C@H]3C[C@@H]2C3(C)C)C(=O)Oc2ccc3ccccc3c2)c2ccc(cc2C(=O)c2cccc(C(F)(F)F)c2)C[C@@H](O)CC1. The number of hydrogen-bond acceptors (Lipinski definition) is 5. The molecule has 60 heavy (non-hydrogen) atoms. The first-order chi connectivity index (χ1) is 28.4. The highest BCUT2D eigenvalue weighted by Crippen LogP contribution is 2.62. The van der Waals surface area contributed by atoms with E-state index in [2.05, 4.69) is 33.8 Å². The Labute approximate surface area is 351 Å². The number of halogens is 3. The lowest BCUT2D eigenvalue weighted by atomic mass is 9.45. The van der Waals surface area contributed by atoms with Crippen LogP contribution >= 0.6 is 0 Å². The van der Waals surface area contributed by atoms with Crippen LogP contribution in [0.25, 0.3) is 10.8 Å². The predicted octanol–water partition coefficient (Wildman–Crippen LogP) is 11.7. The molecule has 4 aromatic carbocycles. The average Bonchev–Trinajstić information content (AvgIpc) is 3.47. The second-order valence-electron chi connectivity index (χ2n) is 19.3. The van der Waals surface area contributed by atoms with Crippen LogP contribution in [0.1, 0.15) is 124 Å². The van der Waals surface area contributed by atoms with Gasteiger partial charge in [0, 0.05) is 23.1 Å². The number of allylic oxidation sites excluding steroid dienone is 2. The monoisotopic (exact) mass is 821 g/mol. The third-order valence-corrected chi connectivity index (χ3v) is 15.5. The first-order valence-corrected chi connectivity index (χ1v) is 21.8. The normalized spacial score (nSPS) is 28.9. The molecule has 9 heteroatoms. The number of amides is 1. The van der Waals surface area contributed by atoms with Crippen molar-refractivity contribution in [1.82, 2.24) is 4.90 Å². The Balaban J connectivity index is 1.18. The first-order valence-electron chi connectivity index (χ1n) is 21.8. The molecule has 0 radical (unpaired) electrons. The van der Waals surface area contributed by atoms with Crippen LogP contribution in [0.5, 0.6) is 5.75 Å². The molecule has 4 fully saturated rings. The highest BCUT2D eigenvalue weighted by Gasteiger charge is 2.59. The highest BCUT2D eigenvalue weighted by atomic mass is 19.4. The highest BCUT2D eigenvalue weighted by molar-refractivity contribution is 6.10. The van der Waals surface area contributed by atoms with Gasteiger partial charge in [-0.3, -0.25) is 4.79 Å². The van der Waals surface area contributed by atoms with E-state index in [1.165, 1.54) is 12.1 Å². The number of hydrogen-bond donors (Lipinski definition) is 2. The van der Waals surface area contributed by atoms with Crippen molar-refractivity contribution >= 4 is 22.6 Å². The van der Waals surface area contributed by atoms with Gasteiger partial charge in [-0.25, -0.2) is 4.79 Å². The summed E-state index contributed by atoms with van der Waals surface area (Å²) < 4.78 is 47.9. The molecule has 0 unspecified atom stereocenters. The maximum absolute atomic E-state index is 14.6. The number of aliphatic hydroxyl groups excluding tert-OH is 1. The van der Waals surface area contributed by atoms with Gasteiger partial charge in [0.25, 0.3) is 0 Å². The van der Waals surface area contributed by atoms with Crippen molar-refractivity contribution in [3.05, 3.63) is 124 Å². The Morgan fingerprint density at radius 3 is 2.42 bits per heavy atom.